The number of fused-ring (bicyclic) bond motifs is 2. The summed E-state index contributed by atoms with van der Waals surface area (Å²) in [7, 11) is 0. The fourth-order valence-corrected chi connectivity index (χ4v) is 5.60. The first-order chi connectivity index (χ1) is 13.8. The van der Waals surface area contributed by atoms with Crippen molar-refractivity contribution in [3.8, 4) is 0 Å². The summed E-state index contributed by atoms with van der Waals surface area (Å²) in [4.78, 5) is 13.1. The molecule has 3 heterocycles. The van der Waals surface area contributed by atoms with Crippen LogP contribution >= 0.6 is 11.6 Å². The second kappa shape index (κ2) is 6.24. The van der Waals surface area contributed by atoms with Crippen molar-refractivity contribution in [2.75, 3.05) is 11.9 Å². The third-order valence-electron chi connectivity index (χ3n) is 7.30. The highest BCUT2D eigenvalue weighted by molar-refractivity contribution is 6.28. The fourth-order valence-electron chi connectivity index (χ4n) is 5.44. The van der Waals surface area contributed by atoms with Crippen molar-refractivity contribution < 1.29 is 20.1 Å². The van der Waals surface area contributed by atoms with Gasteiger partial charge < -0.3 is 25.4 Å². The molecule has 2 aliphatic carbocycles. The number of halogens is 1. The Balaban J connectivity index is 1.55. The van der Waals surface area contributed by atoms with Crippen LogP contribution < -0.4 is 5.32 Å². The second-order valence-electron chi connectivity index (χ2n) is 8.96. The van der Waals surface area contributed by atoms with Gasteiger partial charge in [-0.2, -0.15) is 9.97 Å². The van der Waals surface area contributed by atoms with Gasteiger partial charge in [0, 0.05) is 11.5 Å². The van der Waals surface area contributed by atoms with Crippen LogP contribution in [0.1, 0.15) is 52.2 Å². The van der Waals surface area contributed by atoms with Crippen molar-refractivity contribution in [2.24, 2.45) is 5.41 Å². The number of imidazole rings is 1. The number of rotatable bonds is 4. The molecular formula is C19H26ClN5O4. The molecule has 1 saturated heterocycles. The lowest BCUT2D eigenvalue weighted by molar-refractivity contribution is -0.123. The van der Waals surface area contributed by atoms with E-state index >= 15 is 0 Å². The summed E-state index contributed by atoms with van der Waals surface area (Å²) in [6.45, 7) is 3.10. The van der Waals surface area contributed by atoms with E-state index in [-0.39, 0.29) is 5.28 Å². The molecule has 2 saturated carbocycles. The molecular weight excluding hydrogens is 398 g/mol. The predicted molar refractivity (Wildman–Crippen MR) is 106 cm³/mol. The minimum Gasteiger partial charge on any atom is -0.394 e. The first kappa shape index (κ1) is 19.4. The number of hydrogen-bond acceptors (Lipinski definition) is 8. The van der Waals surface area contributed by atoms with E-state index in [2.05, 4.69) is 20.3 Å². The lowest BCUT2D eigenvalue weighted by atomic mass is 9.95. The van der Waals surface area contributed by atoms with E-state index in [1.165, 1.54) is 25.6 Å². The van der Waals surface area contributed by atoms with E-state index in [9.17, 15) is 15.3 Å². The molecule has 2 aromatic heterocycles. The van der Waals surface area contributed by atoms with Crippen LogP contribution in [-0.2, 0) is 4.74 Å². The van der Waals surface area contributed by atoms with Gasteiger partial charge in [-0.05, 0) is 24.4 Å². The highest BCUT2D eigenvalue weighted by Crippen LogP contribution is 2.75. The fraction of sp³-hybridized carbons (Fsp3) is 0.737. The van der Waals surface area contributed by atoms with Gasteiger partial charge in [-0.15, -0.1) is 0 Å². The van der Waals surface area contributed by atoms with Gasteiger partial charge in [-0.25, -0.2) is 4.98 Å². The number of aliphatic hydroxyl groups excluding tert-OH is 1. The Hall–Kier alpha value is -1.52. The van der Waals surface area contributed by atoms with Crippen LogP contribution in [0.3, 0.4) is 0 Å². The molecule has 2 aromatic rings. The second-order valence-corrected chi connectivity index (χ2v) is 9.30. The maximum Gasteiger partial charge on any atom is 0.226 e. The van der Waals surface area contributed by atoms with Gasteiger partial charge in [0.2, 0.25) is 5.28 Å². The number of hydrogen-bond donors (Lipinski definition) is 4. The van der Waals surface area contributed by atoms with Gasteiger partial charge >= 0.3 is 0 Å². The first-order valence-corrected chi connectivity index (χ1v) is 10.5. The highest BCUT2D eigenvalue weighted by atomic mass is 35.5. The molecule has 158 valence electrons. The van der Waals surface area contributed by atoms with Crippen LogP contribution in [-0.4, -0.2) is 64.8 Å². The SMILES string of the molecule is CC1(C)[C@]2(O)[C@H](n3cnc4c(NC5CCCCC5)nc(Cl)nc43)O[C@H](CO)[C@]12O. The molecule has 0 aromatic carbocycles. The Morgan fingerprint density at radius 2 is 1.93 bits per heavy atom. The third-order valence-corrected chi connectivity index (χ3v) is 7.47. The van der Waals surface area contributed by atoms with Crippen LogP contribution in [0.5, 0.6) is 0 Å². The standard InChI is InChI=1S/C19H26ClN5O4/c1-17(2)18(27)11(8-26)29-15(19(17,18)28)25-9-21-12-13(23-16(20)24-14(12)25)22-10-6-4-3-5-7-10/h9-11,15,26-28H,3-8H2,1-2H3,(H,22,23,24)/t11-,15-,18+,19-/m1/s1. The minimum atomic E-state index is -1.59. The molecule has 9 nitrogen and oxygen atoms in total. The maximum atomic E-state index is 11.3. The Kier molecular flexibility index (Phi) is 4.19. The molecule has 10 heteroatoms. The van der Waals surface area contributed by atoms with Crippen molar-refractivity contribution in [2.45, 2.75) is 75.5 Å². The van der Waals surface area contributed by atoms with E-state index in [1.54, 1.807) is 18.4 Å². The number of nitrogens with one attached hydrogen (secondary N) is 1. The van der Waals surface area contributed by atoms with Crippen LogP contribution in [0.4, 0.5) is 5.82 Å². The topological polar surface area (TPSA) is 126 Å². The van der Waals surface area contributed by atoms with Crippen molar-refractivity contribution in [1.82, 2.24) is 19.5 Å². The lowest BCUT2D eigenvalue weighted by Gasteiger charge is -2.27. The molecule has 0 radical (unpaired) electrons. The average molecular weight is 424 g/mol. The Morgan fingerprint density at radius 1 is 1.21 bits per heavy atom. The molecule has 0 amide bonds. The zero-order valence-electron chi connectivity index (χ0n) is 16.5. The summed E-state index contributed by atoms with van der Waals surface area (Å²) in [6, 6.07) is 0.307. The average Bonchev–Trinajstić information content (AvgIpc) is 3.05. The molecule has 1 aliphatic heterocycles. The van der Waals surface area contributed by atoms with Crippen molar-refractivity contribution in [3.05, 3.63) is 11.6 Å². The van der Waals surface area contributed by atoms with Gasteiger partial charge in [0.05, 0.1) is 12.9 Å². The van der Waals surface area contributed by atoms with Gasteiger partial charge in [0.25, 0.3) is 0 Å². The summed E-state index contributed by atoms with van der Waals surface area (Å²) in [5.41, 5.74) is -3.08. The van der Waals surface area contributed by atoms with Crippen LogP contribution in [0.2, 0.25) is 5.28 Å². The molecule has 29 heavy (non-hydrogen) atoms. The highest BCUT2D eigenvalue weighted by Gasteiger charge is 2.92. The Morgan fingerprint density at radius 3 is 2.59 bits per heavy atom. The summed E-state index contributed by atoms with van der Waals surface area (Å²) in [5, 5.41) is 35.6. The molecule has 3 aliphatic rings. The molecule has 0 bridgehead atoms. The number of anilines is 1. The van der Waals surface area contributed by atoms with Crippen LogP contribution in [0.25, 0.3) is 11.2 Å². The third kappa shape index (κ3) is 2.33. The van der Waals surface area contributed by atoms with E-state index in [1.807, 2.05) is 0 Å². The minimum absolute atomic E-state index is 0.0616. The molecule has 0 unspecified atom stereocenters. The number of nitrogens with zero attached hydrogens (tertiary/aromatic N) is 4. The van der Waals surface area contributed by atoms with Gasteiger partial charge in [0.1, 0.15) is 17.3 Å². The number of ether oxygens (including phenoxy) is 1. The molecule has 3 fully saturated rings. The predicted octanol–water partition coefficient (Wildman–Crippen LogP) is 1.62. The van der Waals surface area contributed by atoms with E-state index in [4.69, 9.17) is 16.3 Å². The number of aromatic nitrogens is 4. The normalized spacial score (nSPS) is 36.3. The van der Waals surface area contributed by atoms with Crippen LogP contribution in [0.15, 0.2) is 6.33 Å². The summed E-state index contributed by atoms with van der Waals surface area (Å²) in [6.07, 6.45) is 5.36. The monoisotopic (exact) mass is 423 g/mol. The molecule has 4 N–H and O–H groups in total. The van der Waals surface area contributed by atoms with E-state index in [0.29, 0.717) is 23.0 Å². The zero-order valence-corrected chi connectivity index (χ0v) is 17.2. The van der Waals surface area contributed by atoms with E-state index in [0.717, 1.165) is 12.8 Å². The first-order valence-electron chi connectivity index (χ1n) is 10.1. The molecule has 4 atom stereocenters. The number of aliphatic hydroxyl groups is 3. The Labute approximate surface area is 173 Å². The van der Waals surface area contributed by atoms with Crippen molar-refractivity contribution in [3.63, 3.8) is 0 Å². The van der Waals surface area contributed by atoms with Gasteiger partial charge in [-0.3, -0.25) is 4.57 Å². The molecule has 0 spiro atoms. The van der Waals surface area contributed by atoms with E-state index < -0.39 is 35.6 Å². The quantitative estimate of drug-likeness (QED) is 0.546. The van der Waals surface area contributed by atoms with Crippen molar-refractivity contribution in [1.29, 1.82) is 0 Å². The van der Waals surface area contributed by atoms with Gasteiger partial charge in [0.15, 0.2) is 23.2 Å². The molecule has 5 rings (SSSR count). The zero-order chi connectivity index (χ0) is 20.6. The van der Waals surface area contributed by atoms with Gasteiger partial charge in [-0.1, -0.05) is 33.1 Å². The van der Waals surface area contributed by atoms with Crippen molar-refractivity contribution >= 4 is 28.6 Å². The summed E-state index contributed by atoms with van der Waals surface area (Å²) in [5.74, 6) is 0.555. The lowest BCUT2D eigenvalue weighted by Crippen LogP contribution is -2.36. The summed E-state index contributed by atoms with van der Waals surface area (Å²) >= 11 is 6.20. The smallest absolute Gasteiger partial charge is 0.226 e. The summed E-state index contributed by atoms with van der Waals surface area (Å²) < 4.78 is 7.42. The maximum absolute atomic E-state index is 11.3. The van der Waals surface area contributed by atoms with Crippen LogP contribution in [0, 0.1) is 5.41 Å². The largest absolute Gasteiger partial charge is 0.394 e. The Bertz CT molecular complexity index is 961.